The third-order valence-electron chi connectivity index (χ3n) is 1.99. The van der Waals surface area contributed by atoms with Gasteiger partial charge in [-0.25, -0.2) is 0 Å². The van der Waals surface area contributed by atoms with Gasteiger partial charge in [0.2, 0.25) is 0 Å². The molecule has 0 N–H and O–H groups in total. The van der Waals surface area contributed by atoms with Crippen LogP contribution < -0.4 is 0 Å². The highest BCUT2D eigenvalue weighted by Crippen LogP contribution is 2.09. The fourth-order valence-electron chi connectivity index (χ4n) is 0.859. The Hall–Kier alpha value is -0.350. The van der Waals surface area contributed by atoms with Gasteiger partial charge in [-0.05, 0) is 18.8 Å². The summed E-state index contributed by atoms with van der Waals surface area (Å²) in [5, 5.41) is 0.830. The topological polar surface area (TPSA) is 43.4 Å². The molecule has 0 aromatic carbocycles. The molecule has 1 unspecified atom stereocenters. The van der Waals surface area contributed by atoms with Crippen molar-refractivity contribution in [2.75, 3.05) is 6.61 Å². The van der Waals surface area contributed by atoms with E-state index in [0.29, 0.717) is 5.92 Å². The molecule has 0 spiro atoms. The summed E-state index contributed by atoms with van der Waals surface area (Å²) in [6, 6.07) is 0. The van der Waals surface area contributed by atoms with Crippen molar-refractivity contribution in [3.05, 3.63) is 12.0 Å². The quantitative estimate of drug-likeness (QED) is 0.474. The van der Waals surface area contributed by atoms with Crippen LogP contribution in [0.1, 0.15) is 33.1 Å². The number of hydrogen-bond donors (Lipinski definition) is 0. The molecule has 4 heteroatoms. The molecular weight excluding hydrogens is 188 g/mol. The van der Waals surface area contributed by atoms with Crippen molar-refractivity contribution in [3.8, 4) is 0 Å². The molecular formula is C9H18O3S. The molecule has 13 heavy (non-hydrogen) atoms. The molecule has 0 radical (unpaired) electrons. The van der Waals surface area contributed by atoms with E-state index in [4.69, 9.17) is 0 Å². The van der Waals surface area contributed by atoms with Gasteiger partial charge in [0.15, 0.2) is 0 Å². The lowest BCUT2D eigenvalue weighted by Gasteiger charge is -2.06. The fraction of sp³-hybridized carbons (Fsp3) is 0.778. The van der Waals surface area contributed by atoms with E-state index in [1.807, 2.05) is 0 Å². The molecule has 0 amide bonds. The highest BCUT2D eigenvalue weighted by Gasteiger charge is 2.04. The van der Waals surface area contributed by atoms with Gasteiger partial charge in [0.05, 0.1) is 12.0 Å². The van der Waals surface area contributed by atoms with Gasteiger partial charge in [0, 0.05) is 0 Å². The van der Waals surface area contributed by atoms with Crippen molar-refractivity contribution in [2.24, 2.45) is 5.92 Å². The molecule has 1 atom stereocenters. The molecule has 0 aliphatic rings. The molecule has 0 heterocycles. The summed E-state index contributed by atoms with van der Waals surface area (Å²) in [5.41, 5.74) is 0. The third kappa shape index (κ3) is 6.78. The molecule has 0 fully saturated rings. The van der Waals surface area contributed by atoms with E-state index in [1.165, 1.54) is 0 Å². The molecule has 0 bridgehead atoms. The predicted molar refractivity (Wildman–Crippen MR) is 53.8 cm³/mol. The lowest BCUT2D eigenvalue weighted by molar-refractivity contribution is 0.301. The second-order valence-electron chi connectivity index (χ2n) is 3.14. The molecule has 0 saturated heterocycles. The monoisotopic (exact) mass is 206 g/mol. The van der Waals surface area contributed by atoms with Crippen LogP contribution in [-0.2, 0) is 14.3 Å². The van der Waals surface area contributed by atoms with Crippen LogP contribution in [0.5, 0.6) is 0 Å². The van der Waals surface area contributed by atoms with Gasteiger partial charge in [-0.2, -0.15) is 8.42 Å². The highest BCUT2D eigenvalue weighted by molar-refractivity contribution is 7.89. The second-order valence-corrected chi connectivity index (χ2v) is 4.69. The van der Waals surface area contributed by atoms with E-state index in [2.05, 4.69) is 24.6 Å². The fourth-order valence-corrected chi connectivity index (χ4v) is 1.31. The minimum Gasteiger partial charge on any atom is -0.267 e. The van der Waals surface area contributed by atoms with Gasteiger partial charge in [0.1, 0.15) is 0 Å². The summed E-state index contributed by atoms with van der Waals surface area (Å²) >= 11 is 0. The van der Waals surface area contributed by atoms with E-state index < -0.39 is 10.1 Å². The van der Waals surface area contributed by atoms with Gasteiger partial charge in [0.25, 0.3) is 10.1 Å². The Kier molecular flexibility index (Phi) is 5.99. The molecule has 0 rings (SSSR count). The van der Waals surface area contributed by atoms with E-state index >= 15 is 0 Å². The van der Waals surface area contributed by atoms with Crippen LogP contribution in [0.4, 0.5) is 0 Å². The molecule has 0 saturated carbocycles. The van der Waals surface area contributed by atoms with Gasteiger partial charge in [-0.3, -0.25) is 4.18 Å². The average Bonchev–Trinajstić information content (AvgIpc) is 2.12. The third-order valence-corrected chi connectivity index (χ3v) is 2.89. The largest absolute Gasteiger partial charge is 0.289 e. The number of hydrogen-bond acceptors (Lipinski definition) is 3. The summed E-state index contributed by atoms with van der Waals surface area (Å²) in [5.74, 6) is 0.634. The van der Waals surface area contributed by atoms with Crippen LogP contribution in [0, 0.1) is 5.92 Å². The molecule has 0 aliphatic carbocycles. The first-order valence-electron chi connectivity index (χ1n) is 4.53. The summed E-state index contributed by atoms with van der Waals surface area (Å²) in [4.78, 5) is 0. The van der Waals surface area contributed by atoms with Gasteiger partial charge in [-0.1, -0.05) is 26.8 Å². The normalized spacial score (nSPS) is 14.0. The summed E-state index contributed by atoms with van der Waals surface area (Å²) in [6.07, 6.45) is 2.90. The van der Waals surface area contributed by atoms with E-state index in [9.17, 15) is 8.42 Å². The van der Waals surface area contributed by atoms with Crippen molar-refractivity contribution in [3.63, 3.8) is 0 Å². The van der Waals surface area contributed by atoms with Crippen LogP contribution in [0.3, 0.4) is 0 Å². The lowest BCUT2D eigenvalue weighted by atomic mass is 10.0. The van der Waals surface area contributed by atoms with E-state index in [0.717, 1.165) is 24.7 Å². The first-order valence-corrected chi connectivity index (χ1v) is 6.00. The van der Waals surface area contributed by atoms with E-state index in [-0.39, 0.29) is 6.61 Å². The first-order chi connectivity index (χ1) is 6.02. The zero-order valence-electron chi connectivity index (χ0n) is 8.32. The molecule has 0 aliphatic heterocycles. The molecule has 3 nitrogen and oxygen atoms in total. The van der Waals surface area contributed by atoms with Crippen molar-refractivity contribution in [2.45, 2.75) is 33.1 Å². The predicted octanol–water partition coefficient (Wildman–Crippen LogP) is 2.30. The molecule has 78 valence electrons. The lowest BCUT2D eigenvalue weighted by Crippen LogP contribution is -2.04. The summed E-state index contributed by atoms with van der Waals surface area (Å²) in [7, 11) is -3.46. The van der Waals surface area contributed by atoms with Crippen LogP contribution in [0.15, 0.2) is 12.0 Å². The van der Waals surface area contributed by atoms with Gasteiger partial charge in [-0.15, -0.1) is 0 Å². The van der Waals surface area contributed by atoms with Crippen molar-refractivity contribution < 1.29 is 12.6 Å². The first kappa shape index (κ1) is 12.7. The standard InChI is InChI=1S/C9H18O3S/c1-4-9(3)7-6-8-12-13(10,11)5-2/h5,9H,2,4,6-8H2,1,3H3. The maximum absolute atomic E-state index is 10.8. The zero-order chi connectivity index (χ0) is 10.3. The Morgan fingerprint density at radius 2 is 2.15 bits per heavy atom. The Morgan fingerprint density at radius 1 is 1.54 bits per heavy atom. The Morgan fingerprint density at radius 3 is 2.62 bits per heavy atom. The minimum atomic E-state index is -3.46. The smallest absolute Gasteiger partial charge is 0.267 e. The van der Waals surface area contributed by atoms with Crippen molar-refractivity contribution >= 4 is 10.1 Å². The maximum atomic E-state index is 10.8. The second kappa shape index (κ2) is 6.16. The minimum absolute atomic E-state index is 0.263. The van der Waals surface area contributed by atoms with Crippen LogP contribution in [0.25, 0.3) is 0 Å². The maximum Gasteiger partial charge on any atom is 0.289 e. The molecule has 0 aromatic heterocycles. The molecule has 0 aromatic rings. The Bertz CT molecular complexity index is 231. The summed E-state index contributed by atoms with van der Waals surface area (Å²) < 4.78 is 26.2. The zero-order valence-corrected chi connectivity index (χ0v) is 9.14. The highest BCUT2D eigenvalue weighted by atomic mass is 32.2. The summed E-state index contributed by atoms with van der Waals surface area (Å²) in [6.45, 7) is 7.67. The van der Waals surface area contributed by atoms with Crippen LogP contribution >= 0.6 is 0 Å². The van der Waals surface area contributed by atoms with Crippen molar-refractivity contribution in [1.29, 1.82) is 0 Å². The van der Waals surface area contributed by atoms with Gasteiger partial charge >= 0.3 is 0 Å². The number of rotatable bonds is 7. The van der Waals surface area contributed by atoms with Crippen LogP contribution in [0.2, 0.25) is 0 Å². The Balaban J connectivity index is 3.52. The Labute approximate surface area is 80.9 Å². The average molecular weight is 206 g/mol. The van der Waals surface area contributed by atoms with Crippen molar-refractivity contribution in [1.82, 2.24) is 0 Å². The van der Waals surface area contributed by atoms with Gasteiger partial charge < -0.3 is 0 Å². The SMILES string of the molecule is C=CS(=O)(=O)OCCCC(C)CC. The van der Waals surface area contributed by atoms with E-state index in [1.54, 1.807) is 0 Å². The van der Waals surface area contributed by atoms with Crippen LogP contribution in [-0.4, -0.2) is 15.0 Å².